The minimum Gasteiger partial charge on any atom is -0.319 e. The summed E-state index contributed by atoms with van der Waals surface area (Å²) in [7, 11) is -3.07. The Kier molecular flexibility index (Phi) is 7.07. The Bertz CT molecular complexity index is 661. The fraction of sp³-hybridized carbons (Fsp3) is 0.455. The topological polar surface area (TPSA) is 29.5 Å². The minimum atomic E-state index is -3.07. The fourth-order valence-electron chi connectivity index (χ4n) is 3.57. The third-order valence-corrected chi connectivity index (χ3v) is 7.64. The zero-order valence-corrected chi connectivity index (χ0v) is 16.6. The molecule has 0 saturated carbocycles. The van der Waals surface area contributed by atoms with Gasteiger partial charge in [0.1, 0.15) is 0 Å². The quantitative estimate of drug-likeness (QED) is 0.667. The van der Waals surface area contributed by atoms with Crippen LogP contribution in [0.1, 0.15) is 39.0 Å². The Labute approximate surface area is 157 Å². The normalized spacial score (nSPS) is 19.2. The average molecular weight is 371 g/mol. The first kappa shape index (κ1) is 19.4. The van der Waals surface area contributed by atoms with Crippen molar-refractivity contribution < 1.29 is 9.09 Å². The maximum atomic E-state index is 14.0. The van der Waals surface area contributed by atoms with Crippen molar-refractivity contribution in [3.63, 3.8) is 0 Å². The maximum absolute atomic E-state index is 14.0. The minimum absolute atomic E-state index is 0.0490. The van der Waals surface area contributed by atoms with Gasteiger partial charge in [0.15, 0.2) is 0 Å². The summed E-state index contributed by atoms with van der Waals surface area (Å²) in [6.45, 7) is 5.56. The molecule has 0 bridgehead atoms. The molecule has 3 rings (SSSR count). The number of nitrogens with zero attached hydrogens (tertiary/aromatic N) is 1. The first-order valence-electron chi connectivity index (χ1n) is 9.84. The monoisotopic (exact) mass is 371 g/mol. The van der Waals surface area contributed by atoms with Crippen LogP contribution in [0.5, 0.6) is 0 Å². The Morgan fingerprint density at radius 3 is 2.15 bits per heavy atom. The van der Waals surface area contributed by atoms with Gasteiger partial charge in [-0.1, -0.05) is 49.7 Å². The van der Waals surface area contributed by atoms with Crippen LogP contribution in [0.3, 0.4) is 0 Å². The van der Waals surface area contributed by atoms with Crippen molar-refractivity contribution in [3.8, 4) is 0 Å². The van der Waals surface area contributed by atoms with Crippen molar-refractivity contribution in [2.75, 3.05) is 19.6 Å². The Morgan fingerprint density at radius 2 is 1.58 bits per heavy atom. The van der Waals surface area contributed by atoms with E-state index in [-0.39, 0.29) is 6.10 Å². The zero-order chi connectivity index (χ0) is 18.2. The number of unbranched alkanes of at least 4 members (excludes halogenated alkanes) is 1. The van der Waals surface area contributed by atoms with Gasteiger partial charge in [-0.25, -0.2) is 0 Å². The van der Waals surface area contributed by atoms with Crippen LogP contribution in [0, 0.1) is 0 Å². The van der Waals surface area contributed by atoms with Gasteiger partial charge >= 0.3 is 0 Å². The van der Waals surface area contributed by atoms with Crippen LogP contribution in [-0.2, 0) is 9.09 Å². The number of benzene rings is 2. The molecule has 140 valence electrons. The van der Waals surface area contributed by atoms with Gasteiger partial charge in [-0.15, -0.1) is 0 Å². The lowest BCUT2D eigenvalue weighted by atomic mass is 10.2. The zero-order valence-electron chi connectivity index (χ0n) is 15.7. The van der Waals surface area contributed by atoms with E-state index < -0.39 is 7.37 Å². The molecule has 0 amide bonds. The van der Waals surface area contributed by atoms with Gasteiger partial charge < -0.3 is 9.42 Å². The highest BCUT2D eigenvalue weighted by atomic mass is 31.2. The summed E-state index contributed by atoms with van der Waals surface area (Å²) in [5.41, 5.74) is 0. The van der Waals surface area contributed by atoms with Crippen LogP contribution in [0.2, 0.25) is 0 Å². The summed E-state index contributed by atoms with van der Waals surface area (Å²) in [6, 6.07) is 19.4. The summed E-state index contributed by atoms with van der Waals surface area (Å²) < 4.78 is 20.4. The van der Waals surface area contributed by atoms with Crippen LogP contribution in [0.15, 0.2) is 60.7 Å². The first-order valence-corrected chi connectivity index (χ1v) is 11.5. The lowest BCUT2D eigenvalue weighted by Gasteiger charge is -2.25. The second-order valence-electron chi connectivity index (χ2n) is 7.08. The smallest absolute Gasteiger partial charge is 0.261 e. The molecule has 0 aliphatic carbocycles. The number of hydrogen-bond acceptors (Lipinski definition) is 3. The number of likely N-dealkylation sites (tertiary alicyclic amines) is 1. The summed E-state index contributed by atoms with van der Waals surface area (Å²) >= 11 is 0. The van der Waals surface area contributed by atoms with Crippen molar-refractivity contribution >= 4 is 18.0 Å². The third-order valence-electron chi connectivity index (χ3n) is 5.09. The Balaban J connectivity index is 1.78. The SMILES string of the molecule is CCCCN1CCCC(OP(=O)(c2ccccc2)c2ccccc2)CC1. The molecule has 4 heteroatoms. The van der Waals surface area contributed by atoms with Gasteiger partial charge in [-0.05, 0) is 63.0 Å². The molecule has 1 atom stereocenters. The largest absolute Gasteiger partial charge is 0.319 e. The van der Waals surface area contributed by atoms with Gasteiger partial charge in [-0.3, -0.25) is 4.57 Å². The summed E-state index contributed by atoms with van der Waals surface area (Å²) in [5, 5.41) is 1.58. The van der Waals surface area contributed by atoms with E-state index in [9.17, 15) is 4.57 Å². The fourth-order valence-corrected chi connectivity index (χ4v) is 5.87. The average Bonchev–Trinajstić information content (AvgIpc) is 2.92. The van der Waals surface area contributed by atoms with E-state index in [1.165, 1.54) is 12.8 Å². The molecule has 1 heterocycles. The summed E-state index contributed by atoms with van der Waals surface area (Å²) in [6.07, 6.45) is 5.57. The van der Waals surface area contributed by atoms with E-state index in [0.29, 0.717) is 0 Å². The van der Waals surface area contributed by atoms with Crippen molar-refractivity contribution in [1.29, 1.82) is 0 Å². The molecule has 1 unspecified atom stereocenters. The van der Waals surface area contributed by atoms with Crippen molar-refractivity contribution in [2.24, 2.45) is 0 Å². The van der Waals surface area contributed by atoms with Gasteiger partial charge in [0.05, 0.1) is 6.10 Å². The van der Waals surface area contributed by atoms with E-state index in [2.05, 4.69) is 11.8 Å². The molecule has 0 radical (unpaired) electrons. The van der Waals surface area contributed by atoms with Crippen LogP contribution in [0.4, 0.5) is 0 Å². The van der Waals surface area contributed by atoms with E-state index in [0.717, 1.165) is 49.5 Å². The molecular formula is C22H30NO2P. The second-order valence-corrected chi connectivity index (χ2v) is 9.42. The van der Waals surface area contributed by atoms with E-state index in [1.54, 1.807) is 0 Å². The Morgan fingerprint density at radius 1 is 0.962 bits per heavy atom. The summed E-state index contributed by atoms with van der Waals surface area (Å²) in [4.78, 5) is 2.53. The summed E-state index contributed by atoms with van der Waals surface area (Å²) in [5.74, 6) is 0. The molecule has 2 aromatic rings. The third kappa shape index (κ3) is 4.85. The molecule has 1 fully saturated rings. The standard InChI is InChI=1S/C22H30NO2P/c1-2-3-17-23-18-10-11-20(16-19-23)25-26(24,21-12-6-4-7-13-21)22-14-8-5-9-15-22/h4-9,12-15,20H,2-3,10-11,16-19H2,1H3. The molecule has 1 aliphatic rings. The van der Waals surface area contributed by atoms with E-state index in [1.807, 2.05) is 60.7 Å². The van der Waals surface area contributed by atoms with Crippen LogP contribution < -0.4 is 10.6 Å². The van der Waals surface area contributed by atoms with Gasteiger partial charge in [0.2, 0.25) is 0 Å². The molecule has 0 N–H and O–H groups in total. The number of hydrogen-bond donors (Lipinski definition) is 0. The predicted octanol–water partition coefficient (Wildman–Crippen LogP) is 4.59. The molecular weight excluding hydrogens is 341 g/mol. The van der Waals surface area contributed by atoms with E-state index >= 15 is 0 Å². The van der Waals surface area contributed by atoms with Crippen LogP contribution >= 0.6 is 7.37 Å². The molecule has 1 saturated heterocycles. The van der Waals surface area contributed by atoms with Crippen LogP contribution in [-0.4, -0.2) is 30.6 Å². The van der Waals surface area contributed by atoms with E-state index in [4.69, 9.17) is 4.52 Å². The maximum Gasteiger partial charge on any atom is 0.261 e. The highest BCUT2D eigenvalue weighted by molar-refractivity contribution is 7.74. The van der Waals surface area contributed by atoms with Gasteiger partial charge in [0, 0.05) is 17.2 Å². The molecule has 2 aromatic carbocycles. The van der Waals surface area contributed by atoms with Gasteiger partial charge in [-0.2, -0.15) is 0 Å². The predicted molar refractivity (Wildman–Crippen MR) is 110 cm³/mol. The first-order chi connectivity index (χ1) is 12.7. The van der Waals surface area contributed by atoms with Crippen molar-refractivity contribution in [3.05, 3.63) is 60.7 Å². The lowest BCUT2D eigenvalue weighted by Crippen LogP contribution is -2.27. The second kappa shape index (κ2) is 9.50. The van der Waals surface area contributed by atoms with Crippen molar-refractivity contribution in [2.45, 2.75) is 45.1 Å². The highest BCUT2D eigenvalue weighted by Gasteiger charge is 2.32. The molecule has 26 heavy (non-hydrogen) atoms. The molecule has 1 aliphatic heterocycles. The molecule has 3 nitrogen and oxygen atoms in total. The van der Waals surface area contributed by atoms with Crippen LogP contribution in [0.25, 0.3) is 0 Å². The molecule has 0 aromatic heterocycles. The van der Waals surface area contributed by atoms with Gasteiger partial charge in [0.25, 0.3) is 7.37 Å². The lowest BCUT2D eigenvalue weighted by molar-refractivity contribution is 0.189. The van der Waals surface area contributed by atoms with Crippen molar-refractivity contribution in [1.82, 2.24) is 4.90 Å². The number of rotatable bonds is 7. The highest BCUT2D eigenvalue weighted by Crippen LogP contribution is 2.47. The Hall–Kier alpha value is -1.41. The molecule has 0 spiro atoms.